The second-order valence-corrected chi connectivity index (χ2v) is 11.6. The van der Waals surface area contributed by atoms with Crippen LogP contribution in [0.2, 0.25) is 0 Å². The van der Waals surface area contributed by atoms with Crippen molar-refractivity contribution in [2.75, 3.05) is 26.0 Å². The van der Waals surface area contributed by atoms with Crippen LogP contribution in [-0.2, 0) is 36.3 Å². The van der Waals surface area contributed by atoms with E-state index in [9.17, 15) is 28.3 Å². The number of H-pyrrole nitrogens is 1. The molecule has 1 fully saturated rings. The predicted octanol–water partition coefficient (Wildman–Crippen LogP) is -0.737. The van der Waals surface area contributed by atoms with E-state index in [1.54, 1.807) is 0 Å². The Balaban J connectivity index is 1.81. The van der Waals surface area contributed by atoms with Gasteiger partial charge in [0.25, 0.3) is 5.56 Å². The molecule has 3 unspecified atom stereocenters. The van der Waals surface area contributed by atoms with Crippen LogP contribution in [0.4, 0.5) is 5.95 Å². The maximum atomic E-state index is 12.5. The van der Waals surface area contributed by atoms with Gasteiger partial charge >= 0.3 is 23.5 Å². The Labute approximate surface area is 201 Å². The molecule has 5 atom stereocenters. The van der Waals surface area contributed by atoms with Gasteiger partial charge in [-0.05, 0) is 0 Å². The van der Waals surface area contributed by atoms with E-state index in [2.05, 4.69) is 35.0 Å². The third-order valence-electron chi connectivity index (χ3n) is 4.64. The number of nitrogens with zero attached hydrogens (tertiary/aromatic N) is 2. The quantitative estimate of drug-likeness (QED) is 0.144. The van der Waals surface area contributed by atoms with E-state index in [4.69, 9.17) is 30.7 Å². The van der Waals surface area contributed by atoms with Gasteiger partial charge < -0.3 is 45.1 Å². The number of phosphoric acid groups is 3. The summed E-state index contributed by atoms with van der Waals surface area (Å²) in [4.78, 5) is 55.1. The van der Waals surface area contributed by atoms with Crippen molar-refractivity contribution in [1.82, 2.24) is 14.5 Å². The smallest absolute Gasteiger partial charge is 0.378 e. The molecular formula is C15H22N5O13P3. The minimum atomic E-state index is -5.67. The van der Waals surface area contributed by atoms with Gasteiger partial charge in [-0.15, -0.1) is 0 Å². The summed E-state index contributed by atoms with van der Waals surface area (Å²) < 4.78 is 58.9. The highest BCUT2D eigenvalue weighted by Crippen LogP contribution is 2.66. The maximum Gasteiger partial charge on any atom is 0.490 e. The molecule has 3 heterocycles. The maximum absolute atomic E-state index is 12.5. The molecule has 36 heavy (non-hydrogen) atoms. The van der Waals surface area contributed by atoms with Gasteiger partial charge in [0, 0.05) is 19.7 Å². The van der Waals surface area contributed by atoms with Crippen LogP contribution in [0.3, 0.4) is 0 Å². The molecule has 0 radical (unpaired) electrons. The van der Waals surface area contributed by atoms with Crippen molar-refractivity contribution in [3.8, 4) is 11.8 Å². The minimum Gasteiger partial charge on any atom is -0.378 e. The number of methoxy groups -OCH3 is 1. The average molecular weight is 573 g/mol. The topological polar surface area (TPSA) is 281 Å². The van der Waals surface area contributed by atoms with Gasteiger partial charge in [-0.25, -0.2) is 13.7 Å². The molecule has 1 aliphatic rings. The summed E-state index contributed by atoms with van der Waals surface area (Å²) >= 11 is 0. The third-order valence-corrected chi connectivity index (χ3v) is 8.44. The second-order valence-electron chi connectivity index (χ2n) is 7.13. The molecule has 0 saturated carbocycles. The van der Waals surface area contributed by atoms with Gasteiger partial charge in [-0.2, -0.15) is 13.6 Å². The van der Waals surface area contributed by atoms with Crippen LogP contribution >= 0.6 is 23.5 Å². The summed E-state index contributed by atoms with van der Waals surface area (Å²) in [5.74, 6) is 5.22. The summed E-state index contributed by atoms with van der Waals surface area (Å²) in [6.45, 7) is -0.699. The van der Waals surface area contributed by atoms with E-state index in [1.165, 1.54) is 17.9 Å². The van der Waals surface area contributed by atoms with Crippen molar-refractivity contribution in [3.63, 3.8) is 0 Å². The molecule has 1 saturated heterocycles. The molecule has 2 aromatic heterocycles. The standard InChI is InChI=1S/C15H22N5O13P3/c1-29-9-5-11(20-6-8(3-2-4-16)12-13(20)18-15(17)19-14(12)21)31-10(9)7-30-35(25,26)33-36(27,28)32-34(22,23)24/h6,9-11H,4-5,7,16H2,1H3,(H,25,26)(H,27,28)(H2,22,23,24)(H3,17,18,19,21)/t9?,10-,11-/m1/s1. The molecule has 0 amide bonds. The summed E-state index contributed by atoms with van der Waals surface area (Å²) in [6.07, 6.45) is -1.05. The number of hydrogen-bond acceptors (Lipinski definition) is 12. The Bertz CT molecular complexity index is 1390. The fraction of sp³-hybridized carbons (Fsp3) is 0.467. The van der Waals surface area contributed by atoms with Crippen LogP contribution in [0.1, 0.15) is 18.2 Å². The minimum absolute atomic E-state index is 0.0291. The van der Waals surface area contributed by atoms with Crippen molar-refractivity contribution in [2.24, 2.45) is 5.73 Å². The van der Waals surface area contributed by atoms with Crippen molar-refractivity contribution >= 4 is 40.4 Å². The van der Waals surface area contributed by atoms with Crippen LogP contribution in [0.25, 0.3) is 11.0 Å². The highest BCUT2D eigenvalue weighted by Gasteiger charge is 2.43. The molecule has 9 N–H and O–H groups in total. The van der Waals surface area contributed by atoms with E-state index < -0.39 is 54.1 Å². The summed E-state index contributed by atoms with van der Waals surface area (Å²) in [7, 11) is -15.3. The fourth-order valence-electron chi connectivity index (χ4n) is 3.37. The highest BCUT2D eigenvalue weighted by atomic mass is 31.3. The number of aromatic amines is 1. The molecule has 0 bridgehead atoms. The zero-order valence-corrected chi connectivity index (χ0v) is 21.0. The largest absolute Gasteiger partial charge is 0.490 e. The molecular weight excluding hydrogens is 551 g/mol. The number of nitrogens with one attached hydrogen (secondary N) is 1. The zero-order valence-electron chi connectivity index (χ0n) is 18.3. The lowest BCUT2D eigenvalue weighted by Crippen LogP contribution is -2.27. The Morgan fingerprint density at radius 3 is 2.56 bits per heavy atom. The Hall–Kier alpha value is -1.93. The first-order chi connectivity index (χ1) is 16.6. The summed E-state index contributed by atoms with van der Waals surface area (Å²) in [6, 6.07) is 0. The molecule has 0 aliphatic carbocycles. The predicted molar refractivity (Wildman–Crippen MR) is 120 cm³/mol. The Kier molecular flexibility index (Phi) is 8.61. The number of ether oxygens (including phenoxy) is 2. The van der Waals surface area contributed by atoms with Gasteiger partial charge in [0.15, 0.2) is 5.65 Å². The summed E-state index contributed by atoms with van der Waals surface area (Å²) in [5.41, 5.74) is 11.0. The lowest BCUT2D eigenvalue weighted by atomic mass is 10.2. The lowest BCUT2D eigenvalue weighted by Gasteiger charge is -2.20. The van der Waals surface area contributed by atoms with Crippen LogP contribution in [0.15, 0.2) is 11.0 Å². The number of aromatic nitrogens is 3. The first-order valence-corrected chi connectivity index (χ1v) is 14.2. The Morgan fingerprint density at radius 2 is 1.94 bits per heavy atom. The molecule has 0 aromatic carbocycles. The first kappa shape index (κ1) is 28.6. The normalized spacial score (nSPS) is 23.7. The van der Waals surface area contributed by atoms with Crippen LogP contribution in [0.5, 0.6) is 0 Å². The van der Waals surface area contributed by atoms with Crippen LogP contribution in [-0.4, -0.2) is 66.6 Å². The first-order valence-electron chi connectivity index (χ1n) is 9.70. The number of phosphoric ester groups is 1. The fourth-order valence-corrected chi connectivity index (χ4v) is 6.40. The number of fused-ring (bicyclic) bond motifs is 1. The van der Waals surface area contributed by atoms with Crippen molar-refractivity contribution in [1.29, 1.82) is 0 Å². The van der Waals surface area contributed by atoms with Crippen LogP contribution < -0.4 is 17.0 Å². The highest BCUT2D eigenvalue weighted by molar-refractivity contribution is 7.66. The molecule has 200 valence electrons. The lowest BCUT2D eigenvalue weighted by molar-refractivity contribution is -0.0501. The van der Waals surface area contributed by atoms with Crippen molar-refractivity contribution in [3.05, 3.63) is 22.1 Å². The molecule has 2 aromatic rings. The van der Waals surface area contributed by atoms with Gasteiger partial charge in [-0.3, -0.25) is 14.3 Å². The number of nitrogen functional groups attached to an aromatic ring is 1. The van der Waals surface area contributed by atoms with Gasteiger partial charge in [0.2, 0.25) is 5.95 Å². The van der Waals surface area contributed by atoms with Crippen LogP contribution in [0, 0.1) is 11.8 Å². The van der Waals surface area contributed by atoms with Crippen molar-refractivity contribution in [2.45, 2.75) is 24.9 Å². The average Bonchev–Trinajstić information content (AvgIpc) is 3.29. The monoisotopic (exact) mass is 573 g/mol. The summed E-state index contributed by atoms with van der Waals surface area (Å²) in [5, 5.41) is 0.124. The Morgan fingerprint density at radius 1 is 1.25 bits per heavy atom. The number of nitrogens with two attached hydrogens (primary N) is 2. The molecule has 1 aliphatic heterocycles. The number of hydrogen-bond donors (Lipinski definition) is 7. The van der Waals surface area contributed by atoms with E-state index in [0.29, 0.717) is 5.56 Å². The number of anilines is 1. The second kappa shape index (κ2) is 10.8. The van der Waals surface area contributed by atoms with E-state index in [0.717, 1.165) is 0 Å². The molecule has 21 heteroatoms. The van der Waals surface area contributed by atoms with E-state index in [1.807, 2.05) is 0 Å². The molecule has 18 nitrogen and oxygen atoms in total. The number of rotatable bonds is 9. The van der Waals surface area contributed by atoms with E-state index in [-0.39, 0.29) is 29.9 Å². The van der Waals surface area contributed by atoms with Gasteiger partial charge in [0.1, 0.15) is 12.3 Å². The van der Waals surface area contributed by atoms with Gasteiger partial charge in [0.05, 0.1) is 30.2 Å². The third kappa shape index (κ3) is 7.09. The SMILES string of the molecule is COC1C[C@H](n2cc(C#CCN)c3c(=O)[nH]c(N)nc32)O[C@@H]1COP(=O)(O)OP(=O)(O)OP(=O)(O)O. The molecule has 3 rings (SSSR count). The van der Waals surface area contributed by atoms with Crippen molar-refractivity contribution < 1.29 is 55.9 Å². The molecule has 0 spiro atoms. The van der Waals surface area contributed by atoms with Gasteiger partial charge in [-0.1, -0.05) is 11.8 Å². The van der Waals surface area contributed by atoms with E-state index >= 15 is 0 Å². The zero-order chi connectivity index (χ0) is 26.9.